The van der Waals surface area contributed by atoms with Gasteiger partial charge in [0.05, 0.1) is 16.6 Å². The Kier molecular flexibility index (Phi) is 3.96. The van der Waals surface area contributed by atoms with E-state index in [1.165, 1.54) is 0 Å². The highest BCUT2D eigenvalue weighted by Crippen LogP contribution is 2.62. The van der Waals surface area contributed by atoms with Gasteiger partial charge in [-0.2, -0.15) is 5.10 Å². The lowest BCUT2D eigenvalue weighted by molar-refractivity contribution is -0.0197. The van der Waals surface area contributed by atoms with E-state index in [1.54, 1.807) is 6.07 Å². The number of rotatable bonds is 3. The molecule has 2 aliphatic rings. The molecule has 4 aromatic rings. The fourth-order valence-corrected chi connectivity index (χ4v) is 5.50. The van der Waals surface area contributed by atoms with Gasteiger partial charge >= 0.3 is 0 Å². The molecule has 6 heteroatoms. The first-order valence-corrected chi connectivity index (χ1v) is 10.7. The third kappa shape index (κ3) is 3.02. The van der Waals surface area contributed by atoms with Crippen LogP contribution in [0.4, 0.5) is 0 Å². The van der Waals surface area contributed by atoms with Gasteiger partial charge in [0.15, 0.2) is 0 Å². The largest absolute Gasteiger partial charge is 0.348 e. The Morgan fingerprint density at radius 2 is 1.68 bits per heavy atom. The molecule has 0 radical (unpaired) electrons. The average Bonchev–Trinajstić information content (AvgIpc) is 2.75. The second kappa shape index (κ2) is 6.74. The molecule has 1 spiro atoms. The first-order chi connectivity index (χ1) is 15.1. The van der Waals surface area contributed by atoms with Gasteiger partial charge in [0.1, 0.15) is 5.69 Å². The van der Waals surface area contributed by atoms with Crippen LogP contribution >= 0.6 is 0 Å². The molecule has 31 heavy (non-hydrogen) atoms. The Bertz CT molecular complexity index is 1380. The Morgan fingerprint density at radius 3 is 2.52 bits per heavy atom. The quantitative estimate of drug-likeness (QED) is 0.536. The van der Waals surface area contributed by atoms with Crippen LogP contribution in [0, 0.1) is 5.41 Å². The number of nitrogens with one attached hydrogen (secondary N) is 2. The second-order valence-corrected chi connectivity index (χ2v) is 9.06. The van der Waals surface area contributed by atoms with Crippen LogP contribution in [-0.2, 0) is 0 Å². The lowest BCUT2D eigenvalue weighted by Crippen LogP contribution is -2.55. The van der Waals surface area contributed by atoms with Crippen molar-refractivity contribution in [3.05, 3.63) is 82.4 Å². The highest BCUT2D eigenvalue weighted by atomic mass is 16.2. The van der Waals surface area contributed by atoms with E-state index in [0.29, 0.717) is 22.4 Å². The Labute approximate surface area is 178 Å². The number of nitrogens with zero attached hydrogens (tertiary/aromatic N) is 2. The fourth-order valence-electron chi connectivity index (χ4n) is 5.50. The van der Waals surface area contributed by atoms with Crippen LogP contribution in [-0.4, -0.2) is 27.1 Å². The van der Waals surface area contributed by atoms with Crippen LogP contribution in [0.3, 0.4) is 0 Å². The van der Waals surface area contributed by atoms with Gasteiger partial charge in [0, 0.05) is 22.7 Å². The van der Waals surface area contributed by atoms with Crippen molar-refractivity contribution < 1.29 is 4.79 Å². The molecule has 2 saturated carbocycles. The van der Waals surface area contributed by atoms with Crippen molar-refractivity contribution in [1.82, 2.24) is 20.5 Å². The molecular weight excluding hydrogens is 388 g/mol. The van der Waals surface area contributed by atoms with Crippen molar-refractivity contribution in [3.63, 3.8) is 0 Å². The molecule has 0 bridgehead atoms. The van der Waals surface area contributed by atoms with Crippen molar-refractivity contribution in [2.75, 3.05) is 0 Å². The van der Waals surface area contributed by atoms with Crippen LogP contribution in [0.25, 0.3) is 21.7 Å². The molecule has 6 rings (SSSR count). The third-order valence-electron chi connectivity index (χ3n) is 7.00. The van der Waals surface area contributed by atoms with Crippen molar-refractivity contribution in [3.8, 4) is 0 Å². The van der Waals surface area contributed by atoms with E-state index < -0.39 is 0 Å². The lowest BCUT2D eigenvalue weighted by atomic mass is 9.49. The number of carbonyl (C=O) groups is 1. The molecule has 0 aliphatic heterocycles. The van der Waals surface area contributed by atoms with Crippen LogP contribution in [0.1, 0.15) is 47.8 Å². The fraction of sp³-hybridized carbons (Fsp3) is 0.280. The molecule has 2 aromatic heterocycles. The summed E-state index contributed by atoms with van der Waals surface area (Å²) in [7, 11) is 0. The van der Waals surface area contributed by atoms with Crippen LogP contribution in [0.5, 0.6) is 0 Å². The van der Waals surface area contributed by atoms with Crippen LogP contribution in [0.15, 0.2) is 65.5 Å². The highest BCUT2D eigenvalue weighted by Gasteiger charge is 2.54. The minimum absolute atomic E-state index is 0.102. The zero-order valence-electron chi connectivity index (χ0n) is 17.0. The van der Waals surface area contributed by atoms with Crippen molar-refractivity contribution in [2.45, 2.75) is 37.6 Å². The number of fused-ring (bicyclic) bond motifs is 2. The van der Waals surface area contributed by atoms with Crippen LogP contribution in [0.2, 0.25) is 0 Å². The van der Waals surface area contributed by atoms with Crippen molar-refractivity contribution >= 4 is 27.6 Å². The summed E-state index contributed by atoms with van der Waals surface area (Å²) >= 11 is 0. The van der Waals surface area contributed by atoms with E-state index in [9.17, 15) is 9.59 Å². The number of amides is 1. The molecule has 0 saturated heterocycles. The summed E-state index contributed by atoms with van der Waals surface area (Å²) in [4.78, 5) is 29.2. The van der Waals surface area contributed by atoms with Gasteiger partial charge in [-0.1, -0.05) is 42.5 Å². The van der Waals surface area contributed by atoms with Gasteiger partial charge < -0.3 is 5.32 Å². The summed E-state index contributed by atoms with van der Waals surface area (Å²) in [5, 5.41) is 12.9. The van der Waals surface area contributed by atoms with E-state index >= 15 is 0 Å². The normalized spacial score (nSPS) is 24.6. The summed E-state index contributed by atoms with van der Waals surface area (Å²) in [5.41, 5.74) is 2.45. The molecule has 154 valence electrons. The molecule has 2 aromatic carbocycles. The van der Waals surface area contributed by atoms with Gasteiger partial charge in [-0.25, -0.2) is 10.1 Å². The van der Waals surface area contributed by atoms with E-state index in [1.807, 2.05) is 54.6 Å². The minimum Gasteiger partial charge on any atom is -0.348 e. The van der Waals surface area contributed by atoms with E-state index in [4.69, 9.17) is 0 Å². The number of aromatic nitrogens is 3. The number of pyridine rings is 1. The molecule has 1 amide bonds. The molecule has 2 N–H and O–H groups in total. The Morgan fingerprint density at radius 1 is 0.935 bits per heavy atom. The zero-order chi connectivity index (χ0) is 21.0. The first kappa shape index (κ1) is 18.2. The van der Waals surface area contributed by atoms with Gasteiger partial charge in [-0.05, 0) is 49.3 Å². The number of hydrogen-bond donors (Lipinski definition) is 2. The summed E-state index contributed by atoms with van der Waals surface area (Å²) < 4.78 is 0. The number of H-pyrrole nitrogens is 1. The first-order valence-electron chi connectivity index (χ1n) is 10.7. The van der Waals surface area contributed by atoms with Crippen molar-refractivity contribution in [2.24, 2.45) is 5.41 Å². The van der Waals surface area contributed by atoms with Gasteiger partial charge in [-0.15, -0.1) is 0 Å². The van der Waals surface area contributed by atoms with Gasteiger partial charge in [-0.3, -0.25) is 9.59 Å². The molecule has 2 heterocycles. The molecule has 0 atom stereocenters. The minimum atomic E-state index is -0.137. The number of carbonyl (C=O) groups excluding carboxylic acids is 1. The highest BCUT2D eigenvalue weighted by molar-refractivity contribution is 5.95. The van der Waals surface area contributed by atoms with Gasteiger partial charge in [0.2, 0.25) is 0 Å². The van der Waals surface area contributed by atoms with Gasteiger partial charge in [0.25, 0.3) is 11.5 Å². The molecule has 6 nitrogen and oxygen atoms in total. The number of aromatic amines is 1. The molecular formula is C25H22N4O2. The molecule has 0 unspecified atom stereocenters. The van der Waals surface area contributed by atoms with E-state index in [0.717, 1.165) is 47.7 Å². The Balaban J connectivity index is 1.10. The predicted molar refractivity (Wildman–Crippen MR) is 119 cm³/mol. The average molecular weight is 410 g/mol. The maximum absolute atomic E-state index is 12.7. The number of para-hydroxylation sites is 1. The topological polar surface area (TPSA) is 87.7 Å². The molecule has 2 fully saturated rings. The smallest absolute Gasteiger partial charge is 0.272 e. The summed E-state index contributed by atoms with van der Waals surface area (Å²) in [5.74, 6) is 0.260. The van der Waals surface area contributed by atoms with E-state index in [-0.39, 0.29) is 17.5 Å². The monoisotopic (exact) mass is 410 g/mol. The summed E-state index contributed by atoms with van der Waals surface area (Å²) in [6, 6.07) is 19.4. The number of benzene rings is 2. The SMILES string of the molecule is O=C(N[C@H]1CC2(C1)C[C@H](c1n[nH]c(=O)c3ccccc31)C2)c1ccc2ccccc2n1. The maximum Gasteiger partial charge on any atom is 0.272 e. The standard InChI is InChI=1S/C25H22N4O2/c30-23-19-7-3-2-6-18(19)22(28-29-23)16-11-25(12-16)13-17(14-25)26-24(31)21-10-9-15-5-1-4-8-20(15)27-21/h1-10,16-17H,11-14H2,(H,26,31)(H,29,30)/t16-,17-,25?. The zero-order valence-corrected chi connectivity index (χ0v) is 17.0. The van der Waals surface area contributed by atoms with Crippen molar-refractivity contribution in [1.29, 1.82) is 0 Å². The second-order valence-electron chi connectivity index (χ2n) is 9.06. The van der Waals surface area contributed by atoms with Crippen LogP contribution < -0.4 is 10.9 Å². The van der Waals surface area contributed by atoms with E-state index in [2.05, 4.69) is 20.5 Å². The lowest BCUT2D eigenvalue weighted by Gasteiger charge is -2.57. The Hall–Kier alpha value is -3.54. The third-order valence-corrected chi connectivity index (χ3v) is 7.00. The molecule has 2 aliphatic carbocycles. The number of hydrogen-bond acceptors (Lipinski definition) is 4. The summed E-state index contributed by atoms with van der Waals surface area (Å²) in [6.45, 7) is 0. The summed E-state index contributed by atoms with van der Waals surface area (Å²) in [6.07, 6.45) is 4.08. The maximum atomic E-state index is 12.7. The predicted octanol–water partition coefficient (Wildman–Crippen LogP) is 3.93.